The van der Waals surface area contributed by atoms with E-state index >= 15 is 0 Å². The molecule has 0 aliphatic carbocycles. The van der Waals surface area contributed by atoms with Gasteiger partial charge >= 0.3 is 0 Å². The molecule has 0 fully saturated rings. The van der Waals surface area contributed by atoms with Crippen LogP contribution in [0.15, 0.2) is 47.5 Å². The fraction of sp³-hybridized carbons (Fsp3) is 0. The minimum atomic E-state index is -3.68. The second-order valence-corrected chi connectivity index (χ2v) is 4.98. The van der Waals surface area contributed by atoms with Crippen molar-refractivity contribution in [2.45, 2.75) is 4.90 Å². The summed E-state index contributed by atoms with van der Waals surface area (Å²) < 4.78 is 23.8. The highest BCUT2D eigenvalue weighted by Gasteiger charge is 2.08. The van der Waals surface area contributed by atoms with E-state index in [1.165, 1.54) is 12.1 Å². The van der Waals surface area contributed by atoms with Crippen molar-refractivity contribution < 1.29 is 8.42 Å². The van der Waals surface area contributed by atoms with Crippen molar-refractivity contribution in [3.63, 3.8) is 0 Å². The molecule has 2 rings (SSSR count). The Labute approximate surface area is 98.8 Å². The maximum absolute atomic E-state index is 11.1. The van der Waals surface area contributed by atoms with E-state index < -0.39 is 10.0 Å². The zero-order valence-corrected chi connectivity index (χ0v) is 9.55. The van der Waals surface area contributed by atoms with Gasteiger partial charge in [-0.2, -0.15) is 5.26 Å². The fourth-order valence-electron chi connectivity index (χ4n) is 1.49. The number of nitrogens with two attached hydrogens (primary N) is 1. The van der Waals surface area contributed by atoms with Gasteiger partial charge in [0.1, 0.15) is 11.8 Å². The molecular weight excluding hydrogens is 238 g/mol. The lowest BCUT2D eigenvalue weighted by molar-refractivity contribution is 0.598. The van der Waals surface area contributed by atoms with Crippen LogP contribution in [0.3, 0.4) is 0 Å². The van der Waals surface area contributed by atoms with Crippen LogP contribution >= 0.6 is 0 Å². The first-order valence-corrected chi connectivity index (χ1v) is 6.28. The normalized spacial score (nSPS) is 11.1. The lowest BCUT2D eigenvalue weighted by Crippen LogP contribution is -2.12. The zero-order valence-electron chi connectivity index (χ0n) is 8.74. The van der Waals surface area contributed by atoms with E-state index in [0.717, 1.165) is 0 Å². The highest BCUT2D eigenvalue weighted by molar-refractivity contribution is 7.89. The van der Waals surface area contributed by atoms with E-state index in [-0.39, 0.29) is 4.90 Å². The van der Waals surface area contributed by atoms with Gasteiger partial charge in [-0.15, -0.1) is 0 Å². The Kier molecular flexibility index (Phi) is 2.71. The number of primary sulfonamides is 1. The summed E-state index contributed by atoms with van der Waals surface area (Å²) in [5.74, 6) is 0. The summed E-state index contributed by atoms with van der Waals surface area (Å²) in [6.07, 6.45) is 1.73. The van der Waals surface area contributed by atoms with Gasteiger partial charge in [-0.1, -0.05) is 0 Å². The van der Waals surface area contributed by atoms with E-state index in [4.69, 9.17) is 10.4 Å². The molecule has 0 atom stereocenters. The number of hydrogen-bond acceptors (Lipinski definition) is 3. The third kappa shape index (κ3) is 2.20. The minimum Gasteiger partial charge on any atom is -0.308 e. The van der Waals surface area contributed by atoms with E-state index in [9.17, 15) is 8.42 Å². The molecular formula is C11H9N3O2S. The van der Waals surface area contributed by atoms with Crippen molar-refractivity contribution in [2.24, 2.45) is 5.14 Å². The number of aromatic nitrogens is 1. The molecule has 6 heteroatoms. The predicted molar refractivity (Wildman–Crippen MR) is 61.9 cm³/mol. The van der Waals surface area contributed by atoms with Gasteiger partial charge in [0.2, 0.25) is 10.0 Å². The van der Waals surface area contributed by atoms with Gasteiger partial charge in [-0.3, -0.25) is 0 Å². The number of nitrogens with zero attached hydrogens (tertiary/aromatic N) is 2. The first kappa shape index (κ1) is 11.4. The summed E-state index contributed by atoms with van der Waals surface area (Å²) in [7, 11) is -3.68. The van der Waals surface area contributed by atoms with Crippen molar-refractivity contribution >= 4 is 10.0 Å². The Bertz CT molecular complexity index is 678. The van der Waals surface area contributed by atoms with E-state index in [2.05, 4.69) is 0 Å². The van der Waals surface area contributed by atoms with Crippen molar-refractivity contribution in [2.75, 3.05) is 0 Å². The molecule has 2 aromatic rings. The van der Waals surface area contributed by atoms with Crippen LogP contribution in [0, 0.1) is 11.3 Å². The Hall–Kier alpha value is -2.10. The smallest absolute Gasteiger partial charge is 0.238 e. The molecule has 2 N–H and O–H groups in total. The van der Waals surface area contributed by atoms with Crippen molar-refractivity contribution in [3.05, 3.63) is 48.3 Å². The summed E-state index contributed by atoms with van der Waals surface area (Å²) in [6.45, 7) is 0. The van der Waals surface area contributed by atoms with Gasteiger partial charge in [-0.05, 0) is 36.4 Å². The van der Waals surface area contributed by atoms with Gasteiger partial charge in [-0.25, -0.2) is 13.6 Å². The Morgan fingerprint density at radius 2 is 1.82 bits per heavy atom. The second kappa shape index (κ2) is 4.05. The number of benzene rings is 1. The molecule has 0 bridgehead atoms. The molecule has 0 radical (unpaired) electrons. The molecule has 0 unspecified atom stereocenters. The molecule has 0 saturated heterocycles. The van der Waals surface area contributed by atoms with Crippen molar-refractivity contribution in [3.8, 4) is 11.8 Å². The third-order valence-corrected chi connectivity index (χ3v) is 3.24. The van der Waals surface area contributed by atoms with Crippen LogP contribution in [0.2, 0.25) is 0 Å². The lowest BCUT2D eigenvalue weighted by Gasteiger charge is -2.05. The molecule has 5 nitrogen and oxygen atoms in total. The van der Waals surface area contributed by atoms with Crippen LogP contribution in [0.5, 0.6) is 0 Å². The van der Waals surface area contributed by atoms with Crippen LogP contribution in [-0.4, -0.2) is 13.0 Å². The fourth-order valence-corrected chi connectivity index (χ4v) is 2.01. The van der Waals surface area contributed by atoms with Crippen LogP contribution < -0.4 is 5.14 Å². The van der Waals surface area contributed by atoms with Crippen LogP contribution in [0.1, 0.15) is 5.69 Å². The minimum absolute atomic E-state index is 0.0481. The lowest BCUT2D eigenvalue weighted by atomic mass is 10.3. The van der Waals surface area contributed by atoms with Crippen LogP contribution in [0.25, 0.3) is 5.69 Å². The Morgan fingerprint density at radius 1 is 1.18 bits per heavy atom. The summed E-state index contributed by atoms with van der Waals surface area (Å²) in [6, 6.07) is 11.5. The van der Waals surface area contributed by atoms with Crippen molar-refractivity contribution in [1.82, 2.24) is 4.57 Å². The van der Waals surface area contributed by atoms with E-state index in [0.29, 0.717) is 11.4 Å². The van der Waals surface area contributed by atoms with Gasteiger partial charge in [0.05, 0.1) is 4.90 Å². The quantitative estimate of drug-likeness (QED) is 0.858. The maximum Gasteiger partial charge on any atom is 0.238 e. The largest absolute Gasteiger partial charge is 0.308 e. The summed E-state index contributed by atoms with van der Waals surface area (Å²) in [5, 5.41) is 13.9. The van der Waals surface area contributed by atoms with Gasteiger partial charge in [0, 0.05) is 11.9 Å². The molecule has 86 valence electrons. The maximum atomic E-state index is 11.1. The molecule has 1 heterocycles. The standard InChI is InChI=1S/C11H9N3O2S/c12-8-10-2-1-7-14(10)9-3-5-11(6-4-9)17(13,15)16/h1-7H,(H2,13,15,16). The molecule has 0 aliphatic rings. The molecule has 0 aliphatic heterocycles. The molecule has 0 saturated carbocycles. The highest BCUT2D eigenvalue weighted by atomic mass is 32.2. The molecule has 1 aromatic heterocycles. The topological polar surface area (TPSA) is 88.9 Å². The Balaban J connectivity index is 2.47. The van der Waals surface area contributed by atoms with Gasteiger partial charge < -0.3 is 4.57 Å². The number of sulfonamides is 1. The van der Waals surface area contributed by atoms with Gasteiger partial charge in [0.25, 0.3) is 0 Å². The van der Waals surface area contributed by atoms with Gasteiger partial charge in [0.15, 0.2) is 0 Å². The van der Waals surface area contributed by atoms with Crippen LogP contribution in [0.4, 0.5) is 0 Å². The third-order valence-electron chi connectivity index (χ3n) is 2.31. The summed E-state index contributed by atoms with van der Waals surface area (Å²) in [4.78, 5) is 0.0481. The summed E-state index contributed by atoms with van der Waals surface area (Å²) >= 11 is 0. The molecule has 1 aromatic carbocycles. The highest BCUT2D eigenvalue weighted by Crippen LogP contribution is 2.15. The molecule has 17 heavy (non-hydrogen) atoms. The average molecular weight is 247 g/mol. The van der Waals surface area contributed by atoms with E-state index in [1.807, 2.05) is 6.07 Å². The first-order chi connectivity index (χ1) is 8.02. The summed E-state index contributed by atoms with van der Waals surface area (Å²) in [5.41, 5.74) is 1.19. The monoisotopic (exact) mass is 247 g/mol. The predicted octanol–water partition coefficient (Wildman–Crippen LogP) is 0.996. The van der Waals surface area contributed by atoms with Crippen molar-refractivity contribution in [1.29, 1.82) is 5.26 Å². The number of nitriles is 1. The molecule has 0 amide bonds. The number of rotatable bonds is 2. The first-order valence-electron chi connectivity index (χ1n) is 4.73. The SMILES string of the molecule is N#Cc1cccn1-c1ccc(S(N)(=O)=O)cc1. The zero-order chi connectivity index (χ0) is 12.5. The second-order valence-electron chi connectivity index (χ2n) is 3.41. The Morgan fingerprint density at radius 3 is 2.35 bits per heavy atom. The average Bonchev–Trinajstić information content (AvgIpc) is 2.76. The molecule has 0 spiro atoms. The number of hydrogen-bond donors (Lipinski definition) is 1. The van der Waals surface area contributed by atoms with E-state index in [1.54, 1.807) is 35.0 Å². The van der Waals surface area contributed by atoms with Crippen LogP contribution in [-0.2, 0) is 10.0 Å².